The van der Waals surface area contributed by atoms with E-state index in [1.807, 2.05) is 67.6 Å². The maximum absolute atomic E-state index is 13.9. The Morgan fingerprint density at radius 2 is 1.44 bits per heavy atom. The Bertz CT molecular complexity index is 1650. The number of carbonyl (C=O) groups is 1. The topological polar surface area (TPSA) is 126 Å². The second-order valence-corrected chi connectivity index (χ2v) is 11.0. The van der Waals surface area contributed by atoms with E-state index >= 15 is 0 Å². The fourth-order valence-electron chi connectivity index (χ4n) is 5.27. The predicted octanol–water partition coefficient (Wildman–Crippen LogP) is 5.83. The molecule has 0 N–H and O–H groups in total. The van der Waals surface area contributed by atoms with Gasteiger partial charge in [0, 0.05) is 33.5 Å². The van der Waals surface area contributed by atoms with Gasteiger partial charge in [0.05, 0.1) is 11.9 Å². The average Bonchev–Trinajstić information content (AvgIpc) is 3.92. The molecule has 2 aliphatic rings. The zero-order chi connectivity index (χ0) is 33.5. The number of fused-ring (bicyclic) bond motifs is 1. The Hall–Kier alpha value is -4.88. The lowest BCUT2D eigenvalue weighted by Gasteiger charge is -2.32. The molecule has 4 atom stereocenters. The number of ketones is 1. The minimum absolute atomic E-state index is 0.0111. The zero-order valence-corrected chi connectivity index (χ0v) is 27.1. The van der Waals surface area contributed by atoms with Crippen molar-refractivity contribution in [2.24, 2.45) is 0 Å². The van der Waals surface area contributed by atoms with E-state index in [0.29, 0.717) is 35.3 Å². The molecule has 1 aromatic heterocycles. The number of Topliss-reactive ketones (excluding diaryl/α,β-unsaturated/α-hetero) is 1. The van der Waals surface area contributed by atoms with Crippen LogP contribution in [0.5, 0.6) is 34.5 Å². The number of hydrogen-bond donors (Lipinski definition) is 0. The second kappa shape index (κ2) is 15.3. The quantitative estimate of drug-likeness (QED) is 0.0816. The minimum atomic E-state index is -0.798. The summed E-state index contributed by atoms with van der Waals surface area (Å²) in [7, 11) is 4.47. The molecule has 1 saturated heterocycles. The van der Waals surface area contributed by atoms with E-state index in [2.05, 4.69) is 4.98 Å². The first kappa shape index (κ1) is 33.0. The van der Waals surface area contributed by atoms with Gasteiger partial charge in [-0.25, -0.2) is 0 Å². The molecule has 0 saturated carbocycles. The molecule has 252 valence electrons. The van der Waals surface area contributed by atoms with Crippen molar-refractivity contribution in [1.82, 2.24) is 4.98 Å². The number of hydrogen-bond acceptors (Lipinski definition) is 12. The number of rotatable bonds is 16. The Morgan fingerprint density at radius 1 is 0.729 bits per heavy atom. The summed E-state index contributed by atoms with van der Waals surface area (Å²) in [6, 6.07) is 22.3. The molecule has 0 bridgehead atoms. The fraction of sp³-hybridized carbons (Fsp3) is 0.333. The third-order valence-corrected chi connectivity index (χ3v) is 7.63. The van der Waals surface area contributed by atoms with Crippen LogP contribution in [0.1, 0.15) is 46.3 Å². The lowest BCUT2D eigenvalue weighted by Crippen LogP contribution is -2.31. The molecule has 0 spiro atoms. The van der Waals surface area contributed by atoms with Crippen molar-refractivity contribution in [2.45, 2.75) is 37.9 Å². The average molecular weight is 660 g/mol. The number of epoxide rings is 1. The van der Waals surface area contributed by atoms with Crippen molar-refractivity contribution in [2.75, 3.05) is 41.7 Å². The van der Waals surface area contributed by atoms with Crippen LogP contribution in [0.2, 0.25) is 0 Å². The number of benzene rings is 3. The van der Waals surface area contributed by atoms with E-state index in [-0.39, 0.29) is 49.3 Å². The third kappa shape index (κ3) is 7.63. The normalized spacial score (nSPS) is 19.3. The molecular weight excluding hydrogens is 622 g/mol. The van der Waals surface area contributed by atoms with Crippen LogP contribution in [0.3, 0.4) is 0 Å². The van der Waals surface area contributed by atoms with Crippen molar-refractivity contribution in [1.29, 1.82) is 0 Å². The lowest BCUT2D eigenvalue weighted by molar-refractivity contribution is 0.0280. The maximum Gasteiger partial charge on any atom is 0.202 e. The number of nitrogens with zero attached hydrogens (tertiary/aromatic N) is 1. The van der Waals surface area contributed by atoms with Crippen LogP contribution in [0.4, 0.5) is 0 Å². The second-order valence-electron chi connectivity index (χ2n) is 11.0. The molecule has 4 unspecified atom stereocenters. The van der Waals surface area contributed by atoms with Gasteiger partial charge in [-0.3, -0.25) is 9.78 Å². The predicted molar refractivity (Wildman–Crippen MR) is 171 cm³/mol. The van der Waals surface area contributed by atoms with Gasteiger partial charge in [0.1, 0.15) is 47.4 Å². The van der Waals surface area contributed by atoms with E-state index in [1.165, 1.54) is 21.3 Å². The summed E-state index contributed by atoms with van der Waals surface area (Å²) in [5, 5.41) is 0. The molecule has 3 aromatic carbocycles. The van der Waals surface area contributed by atoms with Crippen LogP contribution in [-0.2, 0) is 25.6 Å². The van der Waals surface area contributed by atoms with Crippen molar-refractivity contribution >= 4 is 5.78 Å². The molecule has 2 aliphatic heterocycles. The van der Waals surface area contributed by atoms with Crippen LogP contribution in [0.15, 0.2) is 79.0 Å². The number of methoxy groups -OCH3 is 3. The molecule has 1 fully saturated rings. The van der Waals surface area contributed by atoms with E-state index in [1.54, 1.807) is 18.3 Å². The summed E-state index contributed by atoms with van der Waals surface area (Å²) in [6.07, 6.45) is -0.412. The summed E-state index contributed by atoms with van der Waals surface area (Å²) >= 11 is 0. The van der Waals surface area contributed by atoms with Crippen molar-refractivity contribution in [3.8, 4) is 34.5 Å². The Morgan fingerprint density at radius 3 is 2.10 bits per heavy atom. The summed E-state index contributed by atoms with van der Waals surface area (Å²) in [6.45, 7) is 2.16. The third-order valence-electron chi connectivity index (χ3n) is 7.63. The molecule has 3 heterocycles. The van der Waals surface area contributed by atoms with E-state index in [9.17, 15) is 4.79 Å². The summed E-state index contributed by atoms with van der Waals surface area (Å²) in [5.74, 6) is 2.22. The zero-order valence-electron chi connectivity index (χ0n) is 27.1. The molecular formula is C36H37NO11. The van der Waals surface area contributed by atoms with Crippen molar-refractivity contribution in [3.63, 3.8) is 0 Å². The van der Waals surface area contributed by atoms with Gasteiger partial charge in [0.2, 0.25) is 5.78 Å². The maximum atomic E-state index is 13.9. The first-order valence-corrected chi connectivity index (χ1v) is 15.3. The highest BCUT2D eigenvalue weighted by Gasteiger charge is 2.48. The van der Waals surface area contributed by atoms with Crippen LogP contribution < -0.4 is 28.4 Å². The van der Waals surface area contributed by atoms with Crippen molar-refractivity contribution in [3.05, 3.63) is 101 Å². The van der Waals surface area contributed by atoms with E-state index < -0.39 is 18.3 Å². The Kier molecular flexibility index (Phi) is 10.6. The minimum Gasteiger partial charge on any atom is -0.487 e. The van der Waals surface area contributed by atoms with Gasteiger partial charge in [0.15, 0.2) is 44.1 Å². The largest absolute Gasteiger partial charge is 0.487 e. The molecule has 48 heavy (non-hydrogen) atoms. The van der Waals surface area contributed by atoms with Crippen LogP contribution in [0, 0.1) is 0 Å². The highest BCUT2D eigenvalue weighted by Crippen LogP contribution is 2.48. The fourth-order valence-corrected chi connectivity index (χ4v) is 5.27. The van der Waals surface area contributed by atoms with E-state index in [0.717, 1.165) is 11.1 Å². The molecule has 0 amide bonds. The number of carbonyl (C=O) groups excluding carboxylic acids is 1. The van der Waals surface area contributed by atoms with Crippen LogP contribution >= 0.6 is 0 Å². The van der Waals surface area contributed by atoms with Crippen LogP contribution in [0.25, 0.3) is 0 Å². The van der Waals surface area contributed by atoms with Gasteiger partial charge in [-0.15, -0.1) is 0 Å². The van der Waals surface area contributed by atoms with Gasteiger partial charge < -0.3 is 47.4 Å². The van der Waals surface area contributed by atoms with Gasteiger partial charge >= 0.3 is 0 Å². The molecule has 12 nitrogen and oxygen atoms in total. The highest BCUT2D eigenvalue weighted by molar-refractivity contribution is 6.06. The van der Waals surface area contributed by atoms with Gasteiger partial charge in [-0.2, -0.15) is 0 Å². The van der Waals surface area contributed by atoms with E-state index in [4.69, 9.17) is 47.4 Å². The Labute approximate surface area is 278 Å². The Balaban J connectivity index is 1.17. The molecule has 6 rings (SSSR count). The number of aromatic nitrogens is 1. The first-order valence-electron chi connectivity index (χ1n) is 15.3. The molecule has 0 radical (unpaired) electrons. The molecule has 4 aromatic rings. The smallest absolute Gasteiger partial charge is 0.202 e. The summed E-state index contributed by atoms with van der Waals surface area (Å²) in [4.78, 5) is 18.5. The molecule has 12 heteroatoms. The first-order chi connectivity index (χ1) is 23.5. The molecule has 0 aliphatic carbocycles. The van der Waals surface area contributed by atoms with Gasteiger partial charge in [-0.05, 0) is 42.3 Å². The van der Waals surface area contributed by atoms with Gasteiger partial charge in [0.25, 0.3) is 0 Å². The SMILES string of the molecule is COCOc1cc(OCOC)c(C(=O)C2OC2c2ccc3c(c2)OC(c2ccc(OCc4ccccc4)cn2)C(C)O3)c(OCOC)c1. The van der Waals surface area contributed by atoms with Gasteiger partial charge in [-0.1, -0.05) is 36.4 Å². The van der Waals surface area contributed by atoms with Crippen molar-refractivity contribution < 1.29 is 52.2 Å². The standard InChI is InChI=1S/C36H37NO11/c1-22-34(27-12-11-25(17-37-27)42-18-23-8-6-5-7-9-23)47-29-14-24(10-13-28(29)46-22)35-36(48-35)33(38)32-30(44-20-40-3)15-26(43-19-39-2)16-31(32)45-21-41-4/h5-17,22,34-36H,18-21H2,1-4H3. The lowest BCUT2D eigenvalue weighted by atomic mass is 10.00. The number of ether oxygens (including phenoxy) is 10. The summed E-state index contributed by atoms with van der Waals surface area (Å²) in [5.41, 5.74) is 2.70. The monoisotopic (exact) mass is 659 g/mol. The number of pyridine rings is 1. The summed E-state index contributed by atoms with van der Waals surface area (Å²) < 4.78 is 56.7. The highest BCUT2D eigenvalue weighted by atomic mass is 16.7. The van der Waals surface area contributed by atoms with Crippen LogP contribution in [-0.4, -0.2) is 64.7 Å².